The van der Waals surface area contributed by atoms with Gasteiger partial charge >= 0.3 is 5.69 Å². The lowest BCUT2D eigenvalue weighted by Gasteiger charge is -2.04. The third-order valence-corrected chi connectivity index (χ3v) is 4.15. The van der Waals surface area contributed by atoms with Crippen LogP contribution in [0.25, 0.3) is 0 Å². The number of hydrogen-bond donors (Lipinski definition) is 2. The van der Waals surface area contributed by atoms with E-state index < -0.39 is 11.2 Å². The highest BCUT2D eigenvalue weighted by atomic mass is 32.2. The van der Waals surface area contributed by atoms with E-state index in [1.54, 1.807) is 6.21 Å². The molecule has 2 aromatic rings. The first kappa shape index (κ1) is 17.7. The predicted octanol–water partition coefficient (Wildman–Crippen LogP) is -0.334. The van der Waals surface area contributed by atoms with Crippen LogP contribution in [0.4, 0.5) is 0 Å². The van der Waals surface area contributed by atoms with E-state index in [0.29, 0.717) is 0 Å². The number of hydrazone groups is 1. The summed E-state index contributed by atoms with van der Waals surface area (Å²) in [6, 6.07) is 1.91. The van der Waals surface area contributed by atoms with Crippen LogP contribution in [0.15, 0.2) is 25.8 Å². The van der Waals surface area contributed by atoms with Gasteiger partial charge in [-0.1, -0.05) is 11.8 Å². The molecule has 0 spiro atoms. The van der Waals surface area contributed by atoms with Crippen molar-refractivity contribution in [3.63, 3.8) is 0 Å². The van der Waals surface area contributed by atoms with Gasteiger partial charge in [-0.2, -0.15) is 10.2 Å². The Morgan fingerprint density at radius 2 is 2.12 bits per heavy atom. The quantitative estimate of drug-likeness (QED) is 0.435. The summed E-state index contributed by atoms with van der Waals surface area (Å²) >= 11 is 0.949. The van der Waals surface area contributed by atoms with Crippen LogP contribution in [0.2, 0.25) is 0 Å². The van der Waals surface area contributed by atoms with Gasteiger partial charge in [0.2, 0.25) is 5.91 Å². The van der Waals surface area contributed by atoms with Crippen molar-refractivity contribution in [3.05, 3.63) is 43.9 Å². The van der Waals surface area contributed by atoms with Crippen molar-refractivity contribution in [3.8, 4) is 0 Å². The number of aromatic amines is 1. The average molecular weight is 350 g/mol. The van der Waals surface area contributed by atoms with Gasteiger partial charge in [0.1, 0.15) is 0 Å². The van der Waals surface area contributed by atoms with Crippen LogP contribution >= 0.6 is 11.8 Å². The number of carbonyl (C=O) groups is 1. The fourth-order valence-corrected chi connectivity index (χ4v) is 2.75. The van der Waals surface area contributed by atoms with Crippen molar-refractivity contribution in [1.29, 1.82) is 0 Å². The van der Waals surface area contributed by atoms with E-state index in [-0.39, 0.29) is 16.7 Å². The van der Waals surface area contributed by atoms with Crippen molar-refractivity contribution in [2.24, 2.45) is 19.2 Å². The number of nitrogens with one attached hydrogen (secondary N) is 2. The Hall–Kier alpha value is -2.62. The van der Waals surface area contributed by atoms with Crippen LogP contribution in [0.5, 0.6) is 0 Å². The molecule has 2 heterocycles. The van der Waals surface area contributed by atoms with Gasteiger partial charge in [0.25, 0.3) is 5.56 Å². The van der Waals surface area contributed by atoms with Crippen molar-refractivity contribution in [1.82, 2.24) is 24.8 Å². The second-order valence-corrected chi connectivity index (χ2v) is 6.15. The third kappa shape index (κ3) is 4.02. The van der Waals surface area contributed by atoms with Crippen LogP contribution < -0.4 is 16.7 Å². The number of amides is 1. The molecule has 0 saturated heterocycles. The molecule has 0 aliphatic carbocycles. The van der Waals surface area contributed by atoms with Crippen LogP contribution in [0.3, 0.4) is 0 Å². The minimum atomic E-state index is -0.530. The molecule has 10 heteroatoms. The van der Waals surface area contributed by atoms with Crippen LogP contribution in [0, 0.1) is 13.8 Å². The fraction of sp³-hybridized carbons (Fsp3) is 0.357. The van der Waals surface area contributed by atoms with Crippen LogP contribution in [-0.4, -0.2) is 37.2 Å². The number of carbonyl (C=O) groups excluding carboxylic acids is 1. The van der Waals surface area contributed by atoms with E-state index in [4.69, 9.17) is 0 Å². The SMILES string of the molecule is Cc1cc(/C=N/NC(=O)CSc2nn(C)c(=O)n(C)c2=O)c(C)[nH]1. The highest BCUT2D eigenvalue weighted by Crippen LogP contribution is 2.08. The number of aromatic nitrogens is 4. The summed E-state index contributed by atoms with van der Waals surface area (Å²) < 4.78 is 2.00. The molecule has 24 heavy (non-hydrogen) atoms. The highest BCUT2D eigenvalue weighted by molar-refractivity contribution is 7.99. The zero-order chi connectivity index (χ0) is 17.9. The largest absolute Gasteiger partial charge is 0.362 e. The maximum absolute atomic E-state index is 11.9. The summed E-state index contributed by atoms with van der Waals surface area (Å²) in [7, 11) is 2.80. The molecule has 0 bridgehead atoms. The summed E-state index contributed by atoms with van der Waals surface area (Å²) in [4.78, 5) is 38.4. The van der Waals surface area contributed by atoms with E-state index in [0.717, 1.165) is 38.0 Å². The molecule has 0 aliphatic heterocycles. The first-order valence-electron chi connectivity index (χ1n) is 7.05. The smallest absolute Gasteiger partial charge is 0.346 e. The molecular weight excluding hydrogens is 332 g/mol. The number of rotatable bonds is 5. The standard InChI is InChI=1S/C14H18N6O3S/c1-8-5-10(9(2)16-8)6-15-17-11(21)7-24-12-13(22)19(3)14(23)20(4)18-12/h5-6,16H,7H2,1-4H3,(H,17,21)/b15-6+. The Labute approximate surface area is 141 Å². The Morgan fingerprint density at radius 1 is 1.42 bits per heavy atom. The van der Waals surface area contributed by atoms with Gasteiger partial charge in [-0.05, 0) is 19.9 Å². The van der Waals surface area contributed by atoms with Gasteiger partial charge in [-0.15, -0.1) is 0 Å². The van der Waals surface area contributed by atoms with E-state index in [1.165, 1.54) is 14.1 Å². The maximum Gasteiger partial charge on any atom is 0.346 e. The molecule has 0 saturated carbocycles. The first-order chi connectivity index (χ1) is 11.3. The molecule has 1 amide bonds. The molecule has 128 valence electrons. The zero-order valence-corrected chi connectivity index (χ0v) is 14.6. The number of hydrogen-bond acceptors (Lipinski definition) is 6. The van der Waals surface area contributed by atoms with Gasteiger partial charge in [-0.25, -0.2) is 14.9 Å². The highest BCUT2D eigenvalue weighted by Gasteiger charge is 2.11. The molecule has 0 fully saturated rings. The van der Waals surface area contributed by atoms with Crippen molar-refractivity contribution >= 4 is 23.9 Å². The molecule has 9 nitrogen and oxygen atoms in total. The number of nitrogens with zero attached hydrogens (tertiary/aromatic N) is 4. The zero-order valence-electron chi connectivity index (χ0n) is 13.8. The Kier molecular flexibility index (Phi) is 5.39. The lowest BCUT2D eigenvalue weighted by molar-refractivity contribution is -0.118. The number of H-pyrrole nitrogens is 1. The van der Waals surface area contributed by atoms with E-state index in [9.17, 15) is 14.4 Å². The van der Waals surface area contributed by atoms with Crippen LogP contribution in [0.1, 0.15) is 17.0 Å². The van der Waals surface area contributed by atoms with Gasteiger partial charge in [-0.3, -0.25) is 14.2 Å². The molecule has 0 aliphatic rings. The Bertz CT molecular complexity index is 908. The lowest BCUT2D eigenvalue weighted by atomic mass is 10.3. The molecule has 0 atom stereocenters. The molecule has 2 rings (SSSR count). The first-order valence-corrected chi connectivity index (χ1v) is 8.03. The molecule has 0 aromatic carbocycles. The summed E-state index contributed by atoms with van der Waals surface area (Å²) in [6.45, 7) is 3.84. The summed E-state index contributed by atoms with van der Waals surface area (Å²) in [5.74, 6) is -0.415. The molecule has 2 N–H and O–H groups in total. The number of aryl methyl sites for hydroxylation is 3. The van der Waals surface area contributed by atoms with Gasteiger partial charge in [0.05, 0.1) is 12.0 Å². The predicted molar refractivity (Wildman–Crippen MR) is 91.4 cm³/mol. The van der Waals surface area contributed by atoms with E-state index in [2.05, 4.69) is 20.6 Å². The third-order valence-electron chi connectivity index (χ3n) is 3.21. The normalized spacial score (nSPS) is 11.2. The average Bonchev–Trinajstić information content (AvgIpc) is 2.85. The fourth-order valence-electron chi connectivity index (χ4n) is 1.98. The van der Waals surface area contributed by atoms with Crippen molar-refractivity contribution in [2.75, 3.05) is 5.75 Å². The number of thioether (sulfide) groups is 1. The van der Waals surface area contributed by atoms with Gasteiger partial charge < -0.3 is 4.98 Å². The molecule has 0 radical (unpaired) electrons. The monoisotopic (exact) mass is 350 g/mol. The topological polar surface area (TPSA) is 114 Å². The summed E-state index contributed by atoms with van der Waals surface area (Å²) in [6.07, 6.45) is 1.55. The molecular formula is C14H18N6O3S. The van der Waals surface area contributed by atoms with Gasteiger partial charge in [0.15, 0.2) is 5.03 Å². The van der Waals surface area contributed by atoms with Crippen molar-refractivity contribution < 1.29 is 4.79 Å². The minimum Gasteiger partial charge on any atom is -0.362 e. The second kappa shape index (κ2) is 7.30. The van der Waals surface area contributed by atoms with Crippen LogP contribution in [-0.2, 0) is 18.9 Å². The minimum absolute atomic E-state index is 0.0388. The summed E-state index contributed by atoms with van der Waals surface area (Å²) in [5, 5.41) is 7.82. The van der Waals surface area contributed by atoms with Crippen molar-refractivity contribution in [2.45, 2.75) is 18.9 Å². The lowest BCUT2D eigenvalue weighted by Crippen LogP contribution is -2.39. The molecule has 2 aromatic heterocycles. The van der Waals surface area contributed by atoms with E-state index in [1.807, 2.05) is 19.9 Å². The van der Waals surface area contributed by atoms with Gasteiger partial charge in [0, 0.05) is 31.0 Å². The Morgan fingerprint density at radius 3 is 2.75 bits per heavy atom. The summed E-state index contributed by atoms with van der Waals surface area (Å²) in [5.41, 5.74) is 4.19. The molecule has 0 unspecified atom stereocenters. The Balaban J connectivity index is 1.96. The second-order valence-electron chi connectivity index (χ2n) is 5.19. The van der Waals surface area contributed by atoms with E-state index >= 15 is 0 Å². The maximum atomic E-state index is 11.9.